The average Bonchev–Trinajstić information content (AvgIpc) is 3.00. The maximum atomic E-state index is 12.8. The van der Waals surface area contributed by atoms with Crippen LogP contribution in [0, 0.1) is 0 Å². The standard InChI is InChI=1S/C29H36O15/c1-39-21-13-41-28(24(37)23(21)36)44-27-25(38)29(40-9-8-15-3-6-17(32)19(34)11-15)42-20(12-30)26(27)43-22(35)7-4-14-2-5-16(31)18(33)10-14/h2-7,10-11,20-21,23-34,36-38H,8-9,12-13H2,1H3/b7-4+/t20-,21-,23+,24-,25-,26-,27-,28+,29-/m1/s1. The van der Waals surface area contributed by atoms with E-state index < -0.39 is 73.6 Å². The van der Waals surface area contributed by atoms with E-state index in [1.54, 1.807) is 6.07 Å². The molecule has 15 nitrogen and oxygen atoms in total. The molecule has 2 aromatic rings. The molecule has 2 aliphatic heterocycles. The lowest BCUT2D eigenvalue weighted by Gasteiger charge is -2.45. The zero-order valence-electron chi connectivity index (χ0n) is 23.6. The zero-order valence-corrected chi connectivity index (χ0v) is 23.6. The predicted molar refractivity (Wildman–Crippen MR) is 147 cm³/mol. The van der Waals surface area contributed by atoms with Crippen LogP contribution in [0.3, 0.4) is 0 Å². The number of benzene rings is 2. The fraction of sp³-hybridized carbons (Fsp3) is 0.483. The van der Waals surface area contributed by atoms with Crippen molar-refractivity contribution in [2.75, 3.05) is 26.9 Å². The number of rotatable bonds is 11. The third kappa shape index (κ3) is 7.95. The molecule has 0 spiro atoms. The molecule has 2 saturated heterocycles. The van der Waals surface area contributed by atoms with Gasteiger partial charge in [0.05, 0.1) is 19.8 Å². The van der Waals surface area contributed by atoms with Crippen LogP contribution in [0.25, 0.3) is 6.08 Å². The van der Waals surface area contributed by atoms with Gasteiger partial charge in [-0.15, -0.1) is 0 Å². The Morgan fingerprint density at radius 3 is 2.27 bits per heavy atom. The van der Waals surface area contributed by atoms with Crippen LogP contribution in [0.4, 0.5) is 0 Å². The summed E-state index contributed by atoms with van der Waals surface area (Å²) in [5.74, 6) is -2.33. The quantitative estimate of drug-likeness (QED) is 0.0873. The molecule has 44 heavy (non-hydrogen) atoms. The molecule has 2 heterocycles. The number of aromatic hydroxyl groups is 4. The van der Waals surface area contributed by atoms with Gasteiger partial charge in [0.2, 0.25) is 0 Å². The molecular formula is C29H36O15. The number of methoxy groups -OCH3 is 1. The van der Waals surface area contributed by atoms with Gasteiger partial charge in [-0.3, -0.25) is 0 Å². The van der Waals surface area contributed by atoms with Crippen molar-refractivity contribution >= 4 is 12.0 Å². The van der Waals surface area contributed by atoms with Gasteiger partial charge in [-0.2, -0.15) is 0 Å². The van der Waals surface area contributed by atoms with Crippen molar-refractivity contribution in [2.24, 2.45) is 0 Å². The molecular weight excluding hydrogens is 588 g/mol. The SMILES string of the molecule is CO[C@@H]1CO[C@@H](O[C@@H]2[C@@H](O)[C@H](OCCc3ccc(O)c(O)c3)O[C@H](CO)[C@H]2OC(=O)/C=C/c2ccc(O)c(O)c2)[C@H](O)[C@H]1O. The third-order valence-corrected chi connectivity index (χ3v) is 7.20. The van der Waals surface area contributed by atoms with Crippen LogP contribution < -0.4 is 0 Å². The zero-order chi connectivity index (χ0) is 32.0. The van der Waals surface area contributed by atoms with Gasteiger partial charge in [0.15, 0.2) is 41.7 Å². The second-order valence-corrected chi connectivity index (χ2v) is 10.2. The lowest BCUT2D eigenvalue weighted by Crippen LogP contribution is -2.64. The highest BCUT2D eigenvalue weighted by Gasteiger charge is 2.51. The summed E-state index contributed by atoms with van der Waals surface area (Å²) in [4.78, 5) is 12.8. The Bertz CT molecular complexity index is 1290. The number of carbonyl (C=O) groups excluding carboxylic acids is 1. The molecule has 9 atom stereocenters. The Morgan fingerprint density at radius 2 is 1.61 bits per heavy atom. The monoisotopic (exact) mass is 624 g/mol. The minimum absolute atomic E-state index is 0.0553. The highest BCUT2D eigenvalue weighted by atomic mass is 16.7. The van der Waals surface area contributed by atoms with Gasteiger partial charge in [-0.1, -0.05) is 12.1 Å². The summed E-state index contributed by atoms with van der Waals surface area (Å²) in [6, 6.07) is 8.05. The van der Waals surface area contributed by atoms with Crippen molar-refractivity contribution in [3.63, 3.8) is 0 Å². The van der Waals surface area contributed by atoms with E-state index in [2.05, 4.69) is 0 Å². The Hall–Kier alpha value is -3.51. The van der Waals surface area contributed by atoms with Crippen LogP contribution in [0.2, 0.25) is 0 Å². The molecule has 15 heteroatoms. The van der Waals surface area contributed by atoms with E-state index in [0.29, 0.717) is 11.1 Å². The molecule has 0 aliphatic carbocycles. The summed E-state index contributed by atoms with van der Waals surface area (Å²) in [6.07, 6.45) is -10.3. The first-order valence-corrected chi connectivity index (χ1v) is 13.7. The largest absolute Gasteiger partial charge is 0.504 e. The molecule has 4 rings (SSSR count). The Labute approximate surface area is 251 Å². The number of ether oxygens (including phenoxy) is 6. The van der Waals surface area contributed by atoms with E-state index in [0.717, 1.165) is 6.08 Å². The maximum absolute atomic E-state index is 12.8. The van der Waals surface area contributed by atoms with Crippen LogP contribution in [-0.4, -0.2) is 129 Å². The summed E-state index contributed by atoms with van der Waals surface area (Å²) >= 11 is 0. The summed E-state index contributed by atoms with van der Waals surface area (Å²) < 4.78 is 33.4. The predicted octanol–water partition coefficient (Wildman–Crippen LogP) is -0.750. The molecule has 0 radical (unpaired) electrons. The lowest BCUT2D eigenvalue weighted by molar-refractivity contribution is -0.350. The molecule has 0 amide bonds. The number of phenols is 4. The second kappa shape index (κ2) is 15.0. The molecule has 0 aromatic heterocycles. The van der Waals surface area contributed by atoms with Crippen LogP contribution in [-0.2, 0) is 39.6 Å². The Balaban J connectivity index is 1.51. The van der Waals surface area contributed by atoms with Crippen molar-refractivity contribution in [1.29, 1.82) is 0 Å². The molecule has 0 saturated carbocycles. The van der Waals surface area contributed by atoms with Crippen molar-refractivity contribution in [1.82, 2.24) is 0 Å². The number of hydrogen-bond acceptors (Lipinski definition) is 15. The van der Waals surface area contributed by atoms with Gasteiger partial charge in [0, 0.05) is 13.2 Å². The topological polar surface area (TPSA) is 234 Å². The van der Waals surface area contributed by atoms with Gasteiger partial charge < -0.3 is 69.3 Å². The smallest absolute Gasteiger partial charge is 0.331 e. The molecule has 8 N–H and O–H groups in total. The minimum Gasteiger partial charge on any atom is -0.504 e. The van der Waals surface area contributed by atoms with Gasteiger partial charge in [-0.05, 0) is 47.9 Å². The van der Waals surface area contributed by atoms with Crippen LogP contribution >= 0.6 is 0 Å². The van der Waals surface area contributed by atoms with Gasteiger partial charge in [0.25, 0.3) is 0 Å². The van der Waals surface area contributed by atoms with Crippen molar-refractivity contribution in [3.8, 4) is 23.0 Å². The highest BCUT2D eigenvalue weighted by molar-refractivity contribution is 5.87. The molecule has 2 aliphatic rings. The fourth-order valence-corrected chi connectivity index (χ4v) is 4.73. The molecule has 2 fully saturated rings. The second-order valence-electron chi connectivity index (χ2n) is 10.2. The number of phenolic OH excluding ortho intramolecular Hbond substituents is 4. The number of aliphatic hydroxyl groups is 4. The molecule has 0 unspecified atom stereocenters. The Morgan fingerprint density at radius 1 is 0.909 bits per heavy atom. The summed E-state index contributed by atoms with van der Waals surface area (Å²) in [6.45, 7) is -0.942. The fourth-order valence-electron chi connectivity index (χ4n) is 4.73. The maximum Gasteiger partial charge on any atom is 0.331 e. The summed E-state index contributed by atoms with van der Waals surface area (Å²) in [5.41, 5.74) is 0.942. The first kappa shape index (κ1) is 33.4. The van der Waals surface area contributed by atoms with Gasteiger partial charge in [-0.25, -0.2) is 4.79 Å². The first-order valence-electron chi connectivity index (χ1n) is 13.7. The number of aliphatic hydroxyl groups excluding tert-OH is 4. The van der Waals surface area contributed by atoms with E-state index in [-0.39, 0.29) is 36.9 Å². The van der Waals surface area contributed by atoms with Crippen LogP contribution in [0.5, 0.6) is 23.0 Å². The van der Waals surface area contributed by atoms with E-state index >= 15 is 0 Å². The van der Waals surface area contributed by atoms with Crippen molar-refractivity contribution in [2.45, 2.75) is 61.7 Å². The van der Waals surface area contributed by atoms with Crippen LogP contribution in [0.1, 0.15) is 11.1 Å². The molecule has 0 bridgehead atoms. The van der Waals surface area contributed by atoms with E-state index in [1.807, 2.05) is 0 Å². The summed E-state index contributed by atoms with van der Waals surface area (Å²) in [7, 11) is 1.32. The Kier molecular flexibility index (Phi) is 11.4. The van der Waals surface area contributed by atoms with Crippen molar-refractivity contribution in [3.05, 3.63) is 53.6 Å². The number of esters is 1. The minimum atomic E-state index is -1.67. The summed E-state index contributed by atoms with van der Waals surface area (Å²) in [5, 5.41) is 80.7. The van der Waals surface area contributed by atoms with Crippen molar-refractivity contribution < 1.29 is 74.1 Å². The number of carbonyl (C=O) groups is 1. The van der Waals surface area contributed by atoms with E-state index in [9.17, 15) is 45.6 Å². The normalized spacial score (nSPS) is 30.8. The van der Waals surface area contributed by atoms with E-state index in [1.165, 1.54) is 43.5 Å². The van der Waals surface area contributed by atoms with Gasteiger partial charge >= 0.3 is 5.97 Å². The average molecular weight is 625 g/mol. The lowest BCUT2D eigenvalue weighted by atomic mass is 9.97. The highest BCUT2D eigenvalue weighted by Crippen LogP contribution is 2.31. The van der Waals surface area contributed by atoms with Gasteiger partial charge in [0.1, 0.15) is 36.6 Å². The number of hydrogen-bond donors (Lipinski definition) is 8. The van der Waals surface area contributed by atoms with Crippen LogP contribution in [0.15, 0.2) is 42.5 Å². The molecule has 2 aromatic carbocycles. The first-order chi connectivity index (χ1) is 21.0. The van der Waals surface area contributed by atoms with E-state index in [4.69, 9.17) is 28.4 Å². The third-order valence-electron chi connectivity index (χ3n) is 7.20. The molecule has 242 valence electrons.